The zero-order valence-corrected chi connectivity index (χ0v) is 22.6. The molecular weight excluding hydrogens is 442 g/mol. The number of carbonyl (C=O) groups excluding carboxylic acids is 1. The van der Waals surface area contributed by atoms with E-state index in [1.54, 1.807) is 7.11 Å². The van der Waals surface area contributed by atoms with Crippen LogP contribution < -0.4 is 10.4 Å². The molecule has 1 aliphatic carbocycles. The van der Waals surface area contributed by atoms with Crippen LogP contribution in [-0.4, -0.2) is 50.9 Å². The molecule has 0 bridgehead atoms. The van der Waals surface area contributed by atoms with Crippen molar-refractivity contribution in [1.29, 1.82) is 0 Å². The smallest absolute Gasteiger partial charge is 0.412 e. The van der Waals surface area contributed by atoms with Gasteiger partial charge in [0.05, 0.1) is 12.6 Å². The molecule has 2 aliphatic rings. The maximum Gasteiger partial charge on any atom is 0.412 e. The molecule has 1 heterocycles. The third-order valence-electron chi connectivity index (χ3n) is 7.12. The fourth-order valence-corrected chi connectivity index (χ4v) is 10.2. The van der Waals surface area contributed by atoms with E-state index >= 15 is 0 Å². The van der Waals surface area contributed by atoms with Gasteiger partial charge in [0.1, 0.15) is 11.8 Å². The lowest BCUT2D eigenvalue weighted by atomic mass is 10.2. The van der Waals surface area contributed by atoms with Crippen LogP contribution in [0.1, 0.15) is 48.0 Å². The van der Waals surface area contributed by atoms with Gasteiger partial charge >= 0.3 is 6.09 Å². The Morgan fingerprint density at radius 3 is 1.88 bits per heavy atom. The molecular formula is C28H39NO4Si. The van der Waals surface area contributed by atoms with Crippen molar-refractivity contribution in [2.45, 2.75) is 70.9 Å². The van der Waals surface area contributed by atoms with Gasteiger partial charge in [-0.1, -0.05) is 81.4 Å². The van der Waals surface area contributed by atoms with Gasteiger partial charge in [-0.2, -0.15) is 0 Å². The van der Waals surface area contributed by atoms with Crippen LogP contribution in [0, 0.1) is 11.8 Å². The molecule has 5 nitrogen and oxygen atoms in total. The van der Waals surface area contributed by atoms with Crippen LogP contribution >= 0.6 is 0 Å². The van der Waals surface area contributed by atoms with Crippen molar-refractivity contribution in [3.63, 3.8) is 0 Å². The lowest BCUT2D eigenvalue weighted by molar-refractivity contribution is -0.0606. The first-order chi connectivity index (χ1) is 16.0. The van der Waals surface area contributed by atoms with E-state index in [0.717, 1.165) is 6.42 Å². The number of hydrogen-bond acceptors (Lipinski definition) is 4. The van der Waals surface area contributed by atoms with Crippen LogP contribution in [0.25, 0.3) is 0 Å². The highest BCUT2D eigenvalue weighted by Crippen LogP contribution is 2.54. The van der Waals surface area contributed by atoms with Gasteiger partial charge in [-0.25, -0.2) is 4.79 Å². The molecule has 6 heteroatoms. The Hall–Kier alpha value is -2.15. The van der Waals surface area contributed by atoms with E-state index in [9.17, 15) is 4.79 Å². The third kappa shape index (κ3) is 4.55. The van der Waals surface area contributed by atoms with Gasteiger partial charge in [-0.05, 0) is 48.5 Å². The summed E-state index contributed by atoms with van der Waals surface area (Å²) in [5.74, 6) is 0.737. The molecule has 0 radical (unpaired) electrons. The SMILES string of the molecule is COC1C2CC2[C@@H](CO[Si](c2ccccc2)(c2ccccc2)C(C)(C)C)N1C(=O)OC(C)(C)C. The summed E-state index contributed by atoms with van der Waals surface area (Å²) in [7, 11) is -1.01. The standard InChI is InChI=1S/C28H39NO4Si/c1-27(2,3)33-26(30)29-24(22-18-23(22)25(29)31-7)19-32-34(28(4,5)6,20-14-10-8-11-15-20)21-16-12-9-13-17-21/h8-17,22-25H,18-19H2,1-7H3/t22?,23?,24-,25?/m1/s1. The maximum atomic E-state index is 13.2. The van der Waals surface area contributed by atoms with Gasteiger partial charge in [0, 0.05) is 13.0 Å². The number of benzene rings is 2. The lowest BCUT2D eigenvalue weighted by Gasteiger charge is -2.44. The molecule has 2 fully saturated rings. The lowest BCUT2D eigenvalue weighted by Crippen LogP contribution is -2.67. The molecule has 1 saturated carbocycles. The fourth-order valence-electron chi connectivity index (χ4n) is 5.63. The first-order valence-corrected chi connectivity index (χ1v) is 14.2. The van der Waals surface area contributed by atoms with Crippen LogP contribution in [0.2, 0.25) is 5.04 Å². The van der Waals surface area contributed by atoms with E-state index in [1.165, 1.54) is 10.4 Å². The van der Waals surface area contributed by atoms with Gasteiger partial charge in [-0.3, -0.25) is 4.90 Å². The van der Waals surface area contributed by atoms with Crippen LogP contribution in [0.5, 0.6) is 0 Å². The number of hydrogen-bond donors (Lipinski definition) is 0. The van der Waals surface area contributed by atoms with Crippen molar-refractivity contribution >= 4 is 24.8 Å². The van der Waals surface area contributed by atoms with Gasteiger partial charge in [0.15, 0.2) is 0 Å². The van der Waals surface area contributed by atoms with Crippen LogP contribution in [0.15, 0.2) is 60.7 Å². The number of likely N-dealkylation sites (tertiary alicyclic amines) is 1. The predicted molar refractivity (Wildman–Crippen MR) is 138 cm³/mol. The number of rotatable bonds is 6. The minimum absolute atomic E-state index is 0.0635. The fraction of sp³-hybridized carbons (Fsp3) is 0.536. The monoisotopic (exact) mass is 481 g/mol. The van der Waals surface area contributed by atoms with E-state index in [0.29, 0.717) is 18.4 Å². The number of methoxy groups -OCH3 is 1. The van der Waals surface area contributed by atoms with Crippen molar-refractivity contribution in [1.82, 2.24) is 4.90 Å². The average molecular weight is 482 g/mol. The highest BCUT2D eigenvalue weighted by Gasteiger charge is 2.62. The quantitative estimate of drug-likeness (QED) is 0.557. The van der Waals surface area contributed by atoms with E-state index < -0.39 is 13.9 Å². The highest BCUT2D eigenvalue weighted by atomic mass is 28.4. The molecule has 1 aliphatic heterocycles. The van der Waals surface area contributed by atoms with E-state index in [2.05, 4.69) is 81.4 Å². The van der Waals surface area contributed by atoms with Crippen molar-refractivity contribution in [3.8, 4) is 0 Å². The van der Waals surface area contributed by atoms with Crippen LogP contribution in [-0.2, 0) is 13.9 Å². The van der Waals surface area contributed by atoms with E-state index in [4.69, 9.17) is 13.9 Å². The number of fused-ring (bicyclic) bond motifs is 1. The summed E-state index contributed by atoms with van der Waals surface area (Å²) >= 11 is 0. The Labute approximate surface area is 205 Å². The van der Waals surface area contributed by atoms with Gasteiger partial charge < -0.3 is 13.9 Å². The Kier molecular flexibility index (Phi) is 6.70. The Morgan fingerprint density at radius 2 is 1.44 bits per heavy atom. The largest absolute Gasteiger partial charge is 0.444 e. The Morgan fingerprint density at radius 1 is 0.912 bits per heavy atom. The molecule has 34 heavy (non-hydrogen) atoms. The van der Waals surface area contributed by atoms with E-state index in [1.807, 2.05) is 25.7 Å². The summed E-state index contributed by atoms with van der Waals surface area (Å²) in [6, 6.07) is 21.2. The third-order valence-corrected chi connectivity index (χ3v) is 12.1. The summed E-state index contributed by atoms with van der Waals surface area (Å²) < 4.78 is 18.8. The summed E-state index contributed by atoms with van der Waals surface area (Å²) in [6.07, 6.45) is 0.488. The molecule has 2 aromatic rings. The number of piperidine rings is 1. The summed E-state index contributed by atoms with van der Waals surface area (Å²) in [6.45, 7) is 13.0. The molecule has 0 N–H and O–H groups in total. The highest BCUT2D eigenvalue weighted by molar-refractivity contribution is 6.99. The molecule has 184 valence electrons. The van der Waals surface area contributed by atoms with Crippen molar-refractivity contribution in [3.05, 3.63) is 60.7 Å². The second-order valence-electron chi connectivity index (χ2n) is 11.6. The van der Waals surface area contributed by atoms with Gasteiger partial charge in [0.2, 0.25) is 0 Å². The number of nitrogens with zero attached hydrogens (tertiary/aromatic N) is 1. The zero-order chi connectivity index (χ0) is 24.7. The maximum absolute atomic E-state index is 13.2. The first-order valence-electron chi connectivity index (χ1n) is 12.3. The van der Waals surface area contributed by atoms with Gasteiger partial charge in [0.25, 0.3) is 8.32 Å². The van der Waals surface area contributed by atoms with E-state index in [-0.39, 0.29) is 23.4 Å². The van der Waals surface area contributed by atoms with Crippen molar-refractivity contribution in [2.24, 2.45) is 11.8 Å². The molecule has 1 amide bonds. The first kappa shape index (κ1) is 25.0. The van der Waals surface area contributed by atoms with Gasteiger partial charge in [-0.15, -0.1) is 0 Å². The topological polar surface area (TPSA) is 48.0 Å². The zero-order valence-electron chi connectivity index (χ0n) is 21.6. The minimum atomic E-state index is -2.69. The number of carbonyl (C=O) groups is 1. The molecule has 1 saturated heterocycles. The van der Waals surface area contributed by atoms with Crippen molar-refractivity contribution in [2.75, 3.05) is 13.7 Å². The molecule has 0 aromatic heterocycles. The molecule has 2 aromatic carbocycles. The normalized spacial score (nSPS) is 24.6. The number of ether oxygens (including phenoxy) is 2. The minimum Gasteiger partial charge on any atom is -0.444 e. The second-order valence-corrected chi connectivity index (χ2v) is 15.9. The summed E-state index contributed by atoms with van der Waals surface area (Å²) in [5.41, 5.74) is -0.564. The summed E-state index contributed by atoms with van der Waals surface area (Å²) in [4.78, 5) is 15.1. The van der Waals surface area contributed by atoms with Crippen LogP contribution in [0.3, 0.4) is 0 Å². The van der Waals surface area contributed by atoms with Crippen molar-refractivity contribution < 1.29 is 18.7 Å². The van der Waals surface area contributed by atoms with Crippen LogP contribution in [0.4, 0.5) is 4.79 Å². The second kappa shape index (κ2) is 9.13. The number of amides is 1. The predicted octanol–water partition coefficient (Wildman–Crippen LogP) is 4.79. The summed E-state index contributed by atoms with van der Waals surface area (Å²) in [5, 5.41) is 2.37. The molecule has 0 spiro atoms. The Bertz CT molecular complexity index is 943. The molecule has 3 unspecified atom stereocenters. The molecule has 4 rings (SSSR count). The Balaban J connectivity index is 1.71. The average Bonchev–Trinajstić information content (AvgIpc) is 3.49. The molecule has 4 atom stereocenters.